The molecule has 0 radical (unpaired) electrons. The molecule has 166 valence electrons. The van der Waals surface area contributed by atoms with Crippen LogP contribution in [0.15, 0.2) is 42.5 Å². The van der Waals surface area contributed by atoms with E-state index in [0.717, 1.165) is 47.2 Å². The highest BCUT2D eigenvalue weighted by Crippen LogP contribution is 2.52. The molecule has 0 spiro atoms. The Morgan fingerprint density at radius 2 is 1.81 bits per heavy atom. The van der Waals surface area contributed by atoms with Gasteiger partial charge in [-0.2, -0.15) is 0 Å². The van der Waals surface area contributed by atoms with Gasteiger partial charge in [-0.25, -0.2) is 4.79 Å². The van der Waals surface area contributed by atoms with Gasteiger partial charge in [0, 0.05) is 30.7 Å². The number of carbonyl (C=O) groups excluding carboxylic acids is 2. The van der Waals surface area contributed by atoms with Gasteiger partial charge in [-0.3, -0.25) is 4.79 Å². The third-order valence-electron chi connectivity index (χ3n) is 6.65. The molecule has 32 heavy (non-hydrogen) atoms. The molecule has 0 unspecified atom stereocenters. The van der Waals surface area contributed by atoms with Gasteiger partial charge in [0.15, 0.2) is 5.78 Å². The van der Waals surface area contributed by atoms with E-state index in [1.807, 2.05) is 30.3 Å². The first kappa shape index (κ1) is 21.1. The quantitative estimate of drug-likeness (QED) is 0.406. The summed E-state index contributed by atoms with van der Waals surface area (Å²) in [6.07, 6.45) is 6.76. The molecular weight excluding hydrogens is 422 g/mol. The van der Waals surface area contributed by atoms with E-state index in [1.165, 1.54) is 24.2 Å². The Kier molecular flexibility index (Phi) is 5.67. The fourth-order valence-electron chi connectivity index (χ4n) is 4.89. The summed E-state index contributed by atoms with van der Waals surface area (Å²) >= 11 is 1.53. The first-order chi connectivity index (χ1) is 15.6. The van der Waals surface area contributed by atoms with E-state index in [9.17, 15) is 9.59 Å². The Morgan fingerprint density at radius 3 is 2.56 bits per heavy atom. The number of Topliss-reactive ketones (excluding diaryl/α,β-unsaturated/α-hetero) is 1. The topological polar surface area (TPSA) is 74.1 Å². The monoisotopic (exact) mass is 449 g/mol. The maximum absolute atomic E-state index is 12.6. The van der Waals surface area contributed by atoms with Crippen molar-refractivity contribution in [2.75, 3.05) is 0 Å². The second kappa shape index (κ2) is 8.62. The predicted octanol–water partition coefficient (Wildman–Crippen LogP) is 4.96. The Balaban J connectivity index is 1.45. The Hall–Kier alpha value is -2.80. The Morgan fingerprint density at radius 1 is 1.03 bits per heavy atom. The maximum Gasteiger partial charge on any atom is 0.338 e. The van der Waals surface area contributed by atoms with Crippen LogP contribution < -0.4 is 0 Å². The highest BCUT2D eigenvalue weighted by Gasteiger charge is 2.53. The van der Waals surface area contributed by atoms with Gasteiger partial charge in [-0.15, -0.1) is 21.5 Å². The van der Waals surface area contributed by atoms with Crippen LogP contribution >= 0.6 is 11.3 Å². The number of hydrogen-bond acceptors (Lipinski definition) is 6. The van der Waals surface area contributed by atoms with Crippen molar-refractivity contribution in [2.24, 2.45) is 0 Å². The minimum atomic E-state index is -0.371. The number of ketones is 1. The second-order valence-corrected chi connectivity index (χ2v) is 9.94. The van der Waals surface area contributed by atoms with Gasteiger partial charge in [0.05, 0.1) is 15.9 Å². The van der Waals surface area contributed by atoms with Crippen LogP contribution in [0.5, 0.6) is 0 Å². The third kappa shape index (κ3) is 3.79. The molecule has 2 aliphatic rings. The van der Waals surface area contributed by atoms with Gasteiger partial charge < -0.3 is 9.30 Å². The molecule has 0 atom stereocenters. The number of hydrogen-bond donors (Lipinski definition) is 0. The van der Waals surface area contributed by atoms with Crippen molar-refractivity contribution >= 4 is 23.1 Å². The molecule has 0 N–H and O–H groups in total. The van der Waals surface area contributed by atoms with Gasteiger partial charge in [0.25, 0.3) is 0 Å². The normalized spacial score (nSPS) is 22.8. The molecule has 5 rings (SSSR count). The van der Waals surface area contributed by atoms with E-state index < -0.39 is 0 Å². The fraction of sp³-hybridized carbons (Fsp3) is 0.440. The summed E-state index contributed by atoms with van der Waals surface area (Å²) in [6, 6.07) is 13.0. The van der Waals surface area contributed by atoms with E-state index >= 15 is 0 Å². The highest BCUT2D eigenvalue weighted by atomic mass is 32.1. The summed E-state index contributed by atoms with van der Waals surface area (Å²) in [4.78, 5) is 26.4. The zero-order valence-electron chi connectivity index (χ0n) is 18.3. The van der Waals surface area contributed by atoms with Gasteiger partial charge in [-0.05, 0) is 44.0 Å². The first-order valence-electron chi connectivity index (χ1n) is 11.4. The summed E-state index contributed by atoms with van der Waals surface area (Å²) < 4.78 is 8.12. The summed E-state index contributed by atoms with van der Waals surface area (Å²) in [6.45, 7) is 2.51. The van der Waals surface area contributed by atoms with Crippen molar-refractivity contribution < 1.29 is 14.3 Å². The second-order valence-electron chi connectivity index (χ2n) is 8.86. The molecule has 1 saturated carbocycles. The number of benzene rings is 1. The van der Waals surface area contributed by atoms with Gasteiger partial charge in [0.1, 0.15) is 17.8 Å². The highest BCUT2D eigenvalue weighted by molar-refractivity contribution is 7.14. The van der Waals surface area contributed by atoms with E-state index in [1.54, 1.807) is 19.1 Å². The molecule has 7 heteroatoms. The number of thiophene rings is 1. The standard InChI is InChI=1S/C25H27N3O3S/c1-17(29)20-12-13-21(32-20)25(24-27-26-22-11-7-2-3-8-14-28(22)24)15-19(16-25)31-23(30)18-9-5-4-6-10-18/h4-6,9-10,12-13,19H,2-3,7-8,11,14-16H2,1H3/t19-,25+. The summed E-state index contributed by atoms with van der Waals surface area (Å²) in [5.41, 5.74) is 0.192. The molecule has 6 nitrogen and oxygen atoms in total. The molecular formula is C25H27N3O3S. The maximum atomic E-state index is 12.6. The van der Waals surface area contributed by atoms with Crippen LogP contribution in [0, 0.1) is 0 Å². The van der Waals surface area contributed by atoms with Crippen LogP contribution in [0.2, 0.25) is 0 Å². The molecule has 2 aromatic heterocycles. The van der Waals surface area contributed by atoms with Crippen LogP contribution in [0.4, 0.5) is 0 Å². The van der Waals surface area contributed by atoms with Gasteiger partial charge in [-0.1, -0.05) is 31.0 Å². The number of nitrogens with zero attached hydrogens (tertiary/aromatic N) is 3. The van der Waals surface area contributed by atoms with Crippen LogP contribution in [0.25, 0.3) is 0 Å². The number of esters is 1. The lowest BCUT2D eigenvalue weighted by atomic mass is 9.65. The van der Waals surface area contributed by atoms with Gasteiger partial charge >= 0.3 is 5.97 Å². The number of carbonyl (C=O) groups is 2. The lowest BCUT2D eigenvalue weighted by Gasteiger charge is -2.45. The number of aromatic nitrogens is 3. The Labute approximate surface area is 191 Å². The van der Waals surface area contributed by atoms with Crippen molar-refractivity contribution in [3.05, 3.63) is 69.4 Å². The van der Waals surface area contributed by atoms with Gasteiger partial charge in [0.2, 0.25) is 0 Å². The van der Waals surface area contributed by atoms with E-state index in [-0.39, 0.29) is 23.3 Å². The zero-order valence-corrected chi connectivity index (χ0v) is 19.1. The minimum Gasteiger partial charge on any atom is -0.459 e. The van der Waals surface area contributed by atoms with Crippen LogP contribution in [0.3, 0.4) is 0 Å². The van der Waals surface area contributed by atoms with Crippen molar-refractivity contribution in [2.45, 2.75) is 69.9 Å². The number of rotatable bonds is 5. The summed E-state index contributed by atoms with van der Waals surface area (Å²) in [7, 11) is 0. The summed E-state index contributed by atoms with van der Waals surface area (Å²) in [5.74, 6) is 1.78. The molecule has 3 aromatic rings. The van der Waals surface area contributed by atoms with Crippen LogP contribution in [0.1, 0.15) is 82.0 Å². The molecule has 0 amide bonds. The average Bonchev–Trinajstić information content (AvgIpc) is 3.39. The van der Waals surface area contributed by atoms with E-state index in [4.69, 9.17) is 4.74 Å². The molecule has 1 aliphatic carbocycles. The SMILES string of the molecule is CC(=O)c1ccc([C@]2(c3nnc4n3CCCCCC4)C[C@@H](OC(=O)c3ccccc3)C2)s1. The molecule has 0 bridgehead atoms. The van der Waals surface area contributed by atoms with Crippen molar-refractivity contribution in [3.8, 4) is 0 Å². The third-order valence-corrected chi connectivity index (χ3v) is 8.04. The predicted molar refractivity (Wildman–Crippen MR) is 122 cm³/mol. The van der Waals surface area contributed by atoms with Crippen LogP contribution in [-0.2, 0) is 23.1 Å². The van der Waals surface area contributed by atoms with Crippen molar-refractivity contribution in [3.63, 3.8) is 0 Å². The Bertz CT molecular complexity index is 1130. The molecule has 1 aromatic carbocycles. The lowest BCUT2D eigenvalue weighted by molar-refractivity contribution is -0.0153. The number of aryl methyl sites for hydroxylation is 1. The smallest absolute Gasteiger partial charge is 0.338 e. The molecule has 1 aliphatic heterocycles. The zero-order chi connectivity index (χ0) is 22.1. The molecule has 3 heterocycles. The van der Waals surface area contributed by atoms with E-state index in [0.29, 0.717) is 18.4 Å². The largest absolute Gasteiger partial charge is 0.459 e. The summed E-state index contributed by atoms with van der Waals surface area (Å²) in [5, 5.41) is 9.22. The molecule has 1 fully saturated rings. The van der Waals surface area contributed by atoms with E-state index in [2.05, 4.69) is 14.8 Å². The fourth-order valence-corrected chi connectivity index (χ4v) is 5.99. The lowest BCUT2D eigenvalue weighted by Crippen LogP contribution is -2.49. The minimum absolute atomic E-state index is 0.0688. The van der Waals surface area contributed by atoms with Crippen molar-refractivity contribution in [1.29, 1.82) is 0 Å². The number of ether oxygens (including phenoxy) is 1. The van der Waals surface area contributed by atoms with Crippen molar-refractivity contribution in [1.82, 2.24) is 14.8 Å². The number of fused-ring (bicyclic) bond motifs is 1. The average molecular weight is 450 g/mol. The van der Waals surface area contributed by atoms with Crippen LogP contribution in [-0.4, -0.2) is 32.6 Å². The molecule has 0 saturated heterocycles. The first-order valence-corrected chi connectivity index (χ1v) is 12.2.